The van der Waals surface area contributed by atoms with E-state index in [9.17, 15) is 19.2 Å². The van der Waals surface area contributed by atoms with Crippen LogP contribution in [0.15, 0.2) is 18.3 Å². The van der Waals surface area contributed by atoms with Gasteiger partial charge in [0.1, 0.15) is 0 Å². The number of nitrogens with zero attached hydrogens (tertiary/aromatic N) is 2. The summed E-state index contributed by atoms with van der Waals surface area (Å²) >= 11 is 0. The van der Waals surface area contributed by atoms with Crippen molar-refractivity contribution in [1.82, 2.24) is 4.98 Å². The molecule has 13 nitrogen and oxygen atoms in total. The van der Waals surface area contributed by atoms with Gasteiger partial charge >= 0.3 is 21.3 Å². The van der Waals surface area contributed by atoms with Crippen molar-refractivity contribution in [2.75, 3.05) is 31.7 Å². The van der Waals surface area contributed by atoms with Crippen molar-refractivity contribution in [2.45, 2.75) is 34.1 Å². The number of hydrogen-bond acceptors (Lipinski definition) is 12. The van der Waals surface area contributed by atoms with Crippen molar-refractivity contribution in [2.24, 2.45) is 0 Å². The summed E-state index contributed by atoms with van der Waals surface area (Å²) in [5, 5.41) is 13.6. The van der Waals surface area contributed by atoms with Gasteiger partial charge in [-0.15, -0.1) is 0 Å². The highest BCUT2D eigenvalue weighted by Gasteiger charge is 2.38. The van der Waals surface area contributed by atoms with E-state index in [1.807, 2.05) is 0 Å². The minimum absolute atomic E-state index is 0.0394. The molecule has 15 heteroatoms. The lowest BCUT2D eigenvalue weighted by Gasteiger charge is -2.26. The van der Waals surface area contributed by atoms with Crippen molar-refractivity contribution in [1.29, 1.82) is 0 Å². The molecule has 1 aromatic rings. The number of anilines is 1. The average Bonchev–Trinajstić information content (AvgIpc) is 2.62. The Morgan fingerprint density at radius 2 is 1.45 bits per heavy atom. The summed E-state index contributed by atoms with van der Waals surface area (Å²) in [6.07, 6.45) is -0.585. The lowest BCUT2D eigenvalue weighted by Crippen LogP contribution is -2.27. The van der Waals surface area contributed by atoms with Crippen LogP contribution >= 0.6 is 15.6 Å². The Kier molecular flexibility index (Phi) is 10.9. The zero-order chi connectivity index (χ0) is 21.9. The summed E-state index contributed by atoms with van der Waals surface area (Å²) in [5.74, 6) is -0.304. The summed E-state index contributed by atoms with van der Waals surface area (Å²) in [6, 6.07) is 2.51. The van der Waals surface area contributed by atoms with E-state index >= 15 is 0 Å². The molecule has 1 heterocycles. The van der Waals surface area contributed by atoms with Crippen LogP contribution in [0, 0.1) is 10.1 Å². The van der Waals surface area contributed by atoms with Crippen LogP contribution in [0.25, 0.3) is 0 Å². The molecule has 0 aliphatic carbocycles. The Balaban J connectivity index is 3.25. The maximum Gasteiger partial charge on any atom is 0.478 e. The van der Waals surface area contributed by atoms with Crippen LogP contribution in [0.5, 0.6) is 0 Å². The Morgan fingerprint density at radius 1 is 1.00 bits per heavy atom. The third-order valence-electron chi connectivity index (χ3n) is 2.84. The van der Waals surface area contributed by atoms with Crippen LogP contribution in [0.2, 0.25) is 0 Å². The number of nitro groups is 1. The predicted octanol–water partition coefficient (Wildman–Crippen LogP) is 4.08. The fourth-order valence-electron chi connectivity index (χ4n) is 1.90. The maximum atomic E-state index is 12.7. The Labute approximate surface area is 168 Å². The van der Waals surface area contributed by atoms with E-state index in [-0.39, 0.29) is 32.2 Å². The van der Waals surface area contributed by atoms with Crippen molar-refractivity contribution < 1.29 is 41.2 Å². The first-order valence-corrected chi connectivity index (χ1v) is 11.7. The highest BCUT2D eigenvalue weighted by Crippen LogP contribution is 2.55. The van der Waals surface area contributed by atoms with Gasteiger partial charge < -0.3 is 5.32 Å². The number of phosphoric ester groups is 2. The van der Waals surface area contributed by atoms with Gasteiger partial charge in [-0.2, -0.15) is 0 Å². The van der Waals surface area contributed by atoms with Gasteiger partial charge in [-0.25, -0.2) is 23.2 Å². The second kappa shape index (κ2) is 12.3. The van der Waals surface area contributed by atoms with Crippen LogP contribution in [-0.2, 0) is 36.3 Å². The first kappa shape index (κ1) is 25.6. The third-order valence-corrected chi connectivity index (χ3v) is 6.03. The van der Waals surface area contributed by atoms with Gasteiger partial charge in [0.25, 0.3) is 6.41 Å². The summed E-state index contributed by atoms with van der Waals surface area (Å²) < 4.78 is 56.0. The van der Waals surface area contributed by atoms with Crippen molar-refractivity contribution in [3.8, 4) is 0 Å². The third kappa shape index (κ3) is 8.45. The van der Waals surface area contributed by atoms with Crippen LogP contribution in [0.4, 0.5) is 11.5 Å². The Morgan fingerprint density at radius 3 is 1.83 bits per heavy atom. The monoisotopic (exact) mass is 457 g/mol. The lowest BCUT2D eigenvalue weighted by molar-refractivity contribution is -0.384. The zero-order valence-corrected chi connectivity index (χ0v) is 18.3. The van der Waals surface area contributed by atoms with Gasteiger partial charge in [0.15, 0.2) is 0 Å². The molecule has 0 atom stereocenters. The Bertz CT molecular complexity index is 698. The van der Waals surface area contributed by atoms with Gasteiger partial charge in [-0.3, -0.25) is 28.2 Å². The van der Waals surface area contributed by atoms with Gasteiger partial charge in [-0.1, -0.05) is 0 Å². The minimum Gasteiger partial charge on any atom is -0.315 e. The maximum absolute atomic E-state index is 12.7. The predicted molar refractivity (Wildman–Crippen MR) is 102 cm³/mol. The Hall–Kier alpha value is -1.43. The molecule has 0 aliphatic heterocycles. The first-order chi connectivity index (χ1) is 13.7. The highest BCUT2D eigenvalue weighted by atomic mass is 31.2. The fraction of sp³-hybridized carbons (Fsp3) is 0.643. The molecular weight excluding hydrogens is 432 g/mol. The summed E-state index contributed by atoms with van der Waals surface area (Å²) in [6.45, 7) is 6.04. The van der Waals surface area contributed by atoms with E-state index in [4.69, 9.17) is 27.1 Å². The van der Waals surface area contributed by atoms with Crippen molar-refractivity contribution in [3.05, 3.63) is 28.4 Å². The zero-order valence-electron chi connectivity index (χ0n) is 16.5. The van der Waals surface area contributed by atoms with E-state index in [2.05, 4.69) is 10.3 Å². The largest absolute Gasteiger partial charge is 0.478 e. The van der Waals surface area contributed by atoms with Crippen LogP contribution in [-0.4, -0.2) is 42.7 Å². The van der Waals surface area contributed by atoms with E-state index < -0.39 is 32.7 Å². The summed E-state index contributed by atoms with van der Waals surface area (Å²) in [5.41, 5.74) is -0.435. The molecule has 0 aliphatic rings. The van der Waals surface area contributed by atoms with E-state index in [1.54, 1.807) is 27.7 Å². The molecule has 1 rings (SSSR count). The molecule has 0 spiro atoms. The van der Waals surface area contributed by atoms with Gasteiger partial charge in [0.05, 0.1) is 31.4 Å². The standard InChI is InChI=1S/C14H25N3O10P2/c1-5-22-28(20,23-6-2)26-14(27-29(21,24-7-3)25-8-4)16-13-12(17(18)19)10-9-11-15-13/h9-11,14H,5-8H2,1-4H3,(H,15,16). The van der Waals surface area contributed by atoms with Gasteiger partial charge in [-0.05, 0) is 33.8 Å². The molecule has 1 aromatic heterocycles. The second-order valence-electron chi connectivity index (χ2n) is 4.88. The van der Waals surface area contributed by atoms with Crippen molar-refractivity contribution >= 4 is 27.2 Å². The van der Waals surface area contributed by atoms with Gasteiger partial charge in [0, 0.05) is 12.3 Å². The molecule has 0 aromatic carbocycles. The SMILES string of the molecule is CCOP(=O)(OCC)OC(Nc1ncccc1[N+](=O)[O-])OP(=O)(OCC)OCC. The molecule has 0 bridgehead atoms. The topological polar surface area (TPSA) is 158 Å². The first-order valence-electron chi connectivity index (χ1n) is 8.73. The number of aromatic nitrogens is 1. The number of rotatable bonds is 15. The quantitative estimate of drug-likeness (QED) is 0.174. The number of phosphoric acid groups is 2. The van der Waals surface area contributed by atoms with E-state index in [0.717, 1.165) is 0 Å². The number of nitrogens with one attached hydrogen (secondary N) is 1. The van der Waals surface area contributed by atoms with Gasteiger partial charge in [0.2, 0.25) is 5.82 Å². The molecular formula is C14H25N3O10P2. The molecule has 29 heavy (non-hydrogen) atoms. The van der Waals surface area contributed by atoms with Crippen LogP contribution in [0.1, 0.15) is 27.7 Å². The molecule has 0 saturated carbocycles. The average molecular weight is 457 g/mol. The van der Waals surface area contributed by atoms with Crippen LogP contribution in [0.3, 0.4) is 0 Å². The summed E-state index contributed by atoms with van der Waals surface area (Å²) in [4.78, 5) is 14.3. The molecule has 1 N–H and O–H groups in total. The molecule has 166 valence electrons. The van der Waals surface area contributed by atoms with Crippen molar-refractivity contribution in [3.63, 3.8) is 0 Å². The van der Waals surface area contributed by atoms with Crippen LogP contribution < -0.4 is 5.32 Å². The molecule has 0 fully saturated rings. The summed E-state index contributed by atoms with van der Waals surface area (Å²) in [7, 11) is -8.39. The normalized spacial score (nSPS) is 12.3. The molecule has 0 saturated heterocycles. The highest BCUT2D eigenvalue weighted by molar-refractivity contribution is 7.49. The smallest absolute Gasteiger partial charge is 0.315 e. The second-order valence-corrected chi connectivity index (χ2v) is 8.12. The minimum atomic E-state index is -4.19. The fourth-order valence-corrected chi connectivity index (χ4v) is 4.29. The molecule has 0 radical (unpaired) electrons. The number of pyridine rings is 1. The molecule has 0 amide bonds. The lowest BCUT2D eigenvalue weighted by atomic mass is 10.4. The van der Waals surface area contributed by atoms with E-state index in [0.29, 0.717) is 0 Å². The molecule has 0 unspecified atom stereocenters. The number of hydrogen-bond donors (Lipinski definition) is 1. The van der Waals surface area contributed by atoms with E-state index in [1.165, 1.54) is 18.3 Å².